The molecule has 9 nitrogen and oxygen atoms in total. The van der Waals surface area contributed by atoms with Crippen LogP contribution in [0.15, 0.2) is 66.9 Å². The lowest BCUT2D eigenvalue weighted by atomic mass is 10.0. The van der Waals surface area contributed by atoms with Gasteiger partial charge in [-0.2, -0.15) is 0 Å². The van der Waals surface area contributed by atoms with Crippen LogP contribution in [0.4, 0.5) is 21.9 Å². The Labute approximate surface area is 218 Å². The van der Waals surface area contributed by atoms with E-state index in [-0.39, 0.29) is 23.7 Å². The van der Waals surface area contributed by atoms with Gasteiger partial charge in [-0.15, -0.1) is 0 Å². The largest absolute Gasteiger partial charge is 0.497 e. The number of benzene rings is 2. The number of nitrogens with two attached hydrogens (primary N) is 1. The maximum atomic E-state index is 12.8. The average molecular weight is 505 g/mol. The summed E-state index contributed by atoms with van der Waals surface area (Å²) in [5, 5.41) is 8.71. The number of rotatable bonds is 12. The number of para-hydroxylation sites is 2. The molecule has 196 valence electrons. The van der Waals surface area contributed by atoms with E-state index in [0.29, 0.717) is 22.8 Å². The Morgan fingerprint density at radius 2 is 1.73 bits per heavy atom. The molecule has 0 saturated carbocycles. The predicted octanol–water partition coefficient (Wildman–Crippen LogP) is 4.91. The Balaban J connectivity index is 1.69. The molecule has 3 rings (SSSR count). The molecule has 9 heteroatoms. The molecule has 3 amide bonds. The smallest absolute Gasteiger partial charge is 0.319 e. The van der Waals surface area contributed by atoms with E-state index in [0.717, 1.165) is 38.0 Å². The summed E-state index contributed by atoms with van der Waals surface area (Å²) < 4.78 is 5.17. The molecule has 0 aliphatic carbocycles. The van der Waals surface area contributed by atoms with Crippen molar-refractivity contribution < 1.29 is 14.3 Å². The molecule has 2 aromatic carbocycles. The second-order valence-corrected chi connectivity index (χ2v) is 8.57. The Morgan fingerprint density at radius 3 is 2.35 bits per heavy atom. The number of nitrogen functional groups attached to an aromatic ring is 1. The molecule has 0 aliphatic rings. The Morgan fingerprint density at radius 1 is 1.00 bits per heavy atom. The number of nitrogens with one attached hydrogen (secondary N) is 3. The van der Waals surface area contributed by atoms with Gasteiger partial charge < -0.3 is 31.3 Å². The van der Waals surface area contributed by atoms with Gasteiger partial charge in [-0.25, -0.2) is 4.79 Å². The van der Waals surface area contributed by atoms with Crippen LogP contribution in [0, 0.1) is 0 Å². The molecule has 1 heterocycles. The molecular formula is C28H36N6O3. The van der Waals surface area contributed by atoms with Crippen LogP contribution in [0.2, 0.25) is 0 Å². The SMILES string of the molecule is CCN(CC)CCCC(NC(=O)Nc1ccc(OC)cc1)c1ccc(C(=O)Nc2ccccc2N)nc1. The number of hydrogen-bond acceptors (Lipinski definition) is 6. The first-order valence-electron chi connectivity index (χ1n) is 12.5. The molecule has 0 aliphatic heterocycles. The van der Waals surface area contributed by atoms with Gasteiger partial charge in [0.1, 0.15) is 11.4 Å². The highest BCUT2D eigenvalue weighted by atomic mass is 16.5. The minimum atomic E-state index is -0.354. The van der Waals surface area contributed by atoms with Crippen molar-refractivity contribution in [2.45, 2.75) is 32.7 Å². The number of ether oxygens (including phenoxy) is 1. The molecule has 1 unspecified atom stereocenters. The zero-order chi connectivity index (χ0) is 26.6. The number of carbonyl (C=O) groups is 2. The molecule has 0 bridgehead atoms. The van der Waals surface area contributed by atoms with Crippen LogP contribution in [0.25, 0.3) is 0 Å². The topological polar surface area (TPSA) is 122 Å². The van der Waals surface area contributed by atoms with Gasteiger partial charge in [0.2, 0.25) is 0 Å². The van der Waals surface area contributed by atoms with E-state index in [1.54, 1.807) is 67.9 Å². The van der Waals surface area contributed by atoms with E-state index in [2.05, 4.69) is 39.7 Å². The maximum absolute atomic E-state index is 12.8. The van der Waals surface area contributed by atoms with Crippen LogP contribution < -0.4 is 26.4 Å². The number of urea groups is 1. The normalized spacial score (nSPS) is 11.6. The van der Waals surface area contributed by atoms with Crippen molar-refractivity contribution in [2.75, 3.05) is 43.1 Å². The van der Waals surface area contributed by atoms with Crippen molar-refractivity contribution >= 4 is 29.0 Å². The molecular weight excluding hydrogens is 468 g/mol. The van der Waals surface area contributed by atoms with Crippen molar-refractivity contribution in [1.82, 2.24) is 15.2 Å². The fourth-order valence-electron chi connectivity index (χ4n) is 3.92. The third-order valence-corrected chi connectivity index (χ3v) is 6.15. The van der Waals surface area contributed by atoms with E-state index in [9.17, 15) is 9.59 Å². The van der Waals surface area contributed by atoms with Crippen LogP contribution in [-0.2, 0) is 0 Å². The molecule has 1 aromatic heterocycles. The molecule has 0 spiro atoms. The summed E-state index contributed by atoms with van der Waals surface area (Å²) in [6.45, 7) is 7.15. The molecule has 0 radical (unpaired) electrons. The second-order valence-electron chi connectivity index (χ2n) is 8.57. The molecule has 37 heavy (non-hydrogen) atoms. The fraction of sp³-hybridized carbons (Fsp3) is 0.321. The quantitative estimate of drug-likeness (QED) is 0.260. The predicted molar refractivity (Wildman–Crippen MR) is 148 cm³/mol. The Bertz CT molecular complexity index is 1150. The third kappa shape index (κ3) is 8.22. The van der Waals surface area contributed by atoms with E-state index in [1.165, 1.54) is 0 Å². The first-order chi connectivity index (χ1) is 17.9. The molecule has 3 aromatic rings. The van der Waals surface area contributed by atoms with Crippen LogP contribution in [0.1, 0.15) is 48.8 Å². The van der Waals surface area contributed by atoms with Gasteiger partial charge in [-0.1, -0.05) is 32.0 Å². The number of aromatic nitrogens is 1. The van der Waals surface area contributed by atoms with E-state index < -0.39 is 0 Å². The summed E-state index contributed by atoms with van der Waals surface area (Å²) in [5.41, 5.74) is 8.67. The number of pyridine rings is 1. The lowest BCUT2D eigenvalue weighted by molar-refractivity contribution is 0.102. The Hall–Kier alpha value is -4.11. The summed E-state index contributed by atoms with van der Waals surface area (Å²) in [7, 11) is 1.60. The monoisotopic (exact) mass is 504 g/mol. The van der Waals surface area contributed by atoms with Crippen LogP contribution in [-0.4, -0.2) is 48.6 Å². The van der Waals surface area contributed by atoms with Crippen molar-refractivity contribution in [1.29, 1.82) is 0 Å². The number of anilines is 3. The van der Waals surface area contributed by atoms with E-state index in [4.69, 9.17) is 10.5 Å². The summed E-state index contributed by atoms with van der Waals surface area (Å²) in [4.78, 5) is 32.2. The minimum absolute atomic E-state index is 0.261. The van der Waals surface area contributed by atoms with Gasteiger partial charge >= 0.3 is 6.03 Å². The fourth-order valence-corrected chi connectivity index (χ4v) is 3.92. The first kappa shape index (κ1) is 27.5. The average Bonchev–Trinajstić information content (AvgIpc) is 2.92. The molecule has 0 saturated heterocycles. The van der Waals surface area contributed by atoms with Crippen molar-refractivity contribution in [3.05, 3.63) is 78.1 Å². The standard InChI is InChI=1S/C28H36N6O3/c1-4-34(5-2)18-8-11-24(33-28(36)31-21-13-15-22(37-3)16-14-21)20-12-17-26(30-19-20)27(35)32-25-10-7-6-9-23(25)29/h6-7,9-10,12-17,19,24H,4-5,8,11,18,29H2,1-3H3,(H,32,35)(H2,31,33,36). The summed E-state index contributed by atoms with van der Waals surface area (Å²) in [6, 6.07) is 17.1. The number of amides is 3. The van der Waals surface area contributed by atoms with Gasteiger partial charge in [0, 0.05) is 11.9 Å². The number of carbonyl (C=O) groups excluding carboxylic acids is 2. The first-order valence-corrected chi connectivity index (χ1v) is 12.5. The summed E-state index contributed by atoms with van der Waals surface area (Å²) in [6.07, 6.45) is 3.25. The molecule has 0 fully saturated rings. The highest BCUT2D eigenvalue weighted by molar-refractivity contribution is 6.04. The lowest BCUT2D eigenvalue weighted by Crippen LogP contribution is -2.33. The van der Waals surface area contributed by atoms with Gasteiger partial charge in [0.15, 0.2) is 0 Å². The second kappa shape index (κ2) is 13.8. The summed E-state index contributed by atoms with van der Waals surface area (Å²) in [5.74, 6) is 0.359. The minimum Gasteiger partial charge on any atom is -0.497 e. The van der Waals surface area contributed by atoms with Crippen molar-refractivity contribution in [2.24, 2.45) is 0 Å². The number of methoxy groups -OCH3 is 1. The lowest BCUT2D eigenvalue weighted by Gasteiger charge is -2.22. The zero-order valence-corrected chi connectivity index (χ0v) is 21.7. The maximum Gasteiger partial charge on any atom is 0.319 e. The van der Waals surface area contributed by atoms with Crippen LogP contribution in [0.5, 0.6) is 5.75 Å². The van der Waals surface area contributed by atoms with Gasteiger partial charge in [-0.3, -0.25) is 9.78 Å². The van der Waals surface area contributed by atoms with Gasteiger partial charge in [-0.05, 0) is 80.5 Å². The van der Waals surface area contributed by atoms with Crippen molar-refractivity contribution in [3.63, 3.8) is 0 Å². The van der Waals surface area contributed by atoms with Gasteiger partial charge in [0.25, 0.3) is 5.91 Å². The van der Waals surface area contributed by atoms with Crippen LogP contribution >= 0.6 is 0 Å². The third-order valence-electron chi connectivity index (χ3n) is 6.15. The van der Waals surface area contributed by atoms with E-state index in [1.807, 2.05) is 6.07 Å². The molecule has 1 atom stereocenters. The number of hydrogen-bond donors (Lipinski definition) is 4. The Kier molecular flexibility index (Phi) is 10.3. The highest BCUT2D eigenvalue weighted by Gasteiger charge is 2.17. The van der Waals surface area contributed by atoms with Crippen LogP contribution in [0.3, 0.4) is 0 Å². The zero-order valence-electron chi connectivity index (χ0n) is 21.7. The van der Waals surface area contributed by atoms with Crippen molar-refractivity contribution in [3.8, 4) is 5.75 Å². The molecule has 5 N–H and O–H groups in total. The highest BCUT2D eigenvalue weighted by Crippen LogP contribution is 2.21. The van der Waals surface area contributed by atoms with Gasteiger partial charge in [0.05, 0.1) is 24.5 Å². The summed E-state index contributed by atoms with van der Waals surface area (Å²) >= 11 is 0. The number of nitrogens with zero attached hydrogens (tertiary/aromatic N) is 2. The van der Waals surface area contributed by atoms with E-state index >= 15 is 0 Å².